The van der Waals surface area contributed by atoms with E-state index in [1.165, 1.54) is 11.8 Å². The van der Waals surface area contributed by atoms with Crippen LogP contribution in [0.5, 0.6) is 11.5 Å². The van der Waals surface area contributed by atoms with Crippen LogP contribution in [0.2, 0.25) is 0 Å². The van der Waals surface area contributed by atoms with Gasteiger partial charge >= 0.3 is 0 Å². The highest BCUT2D eigenvalue weighted by atomic mass is 32.2. The number of anilines is 1. The largest absolute Gasteiger partial charge is 0.454 e. The highest BCUT2D eigenvalue weighted by Crippen LogP contribution is 2.35. The first-order chi connectivity index (χ1) is 20.7. The summed E-state index contributed by atoms with van der Waals surface area (Å²) < 4.78 is 10.9. The number of nitrogens with zero attached hydrogens (tertiary/aromatic N) is 3. The number of thioether (sulfide) groups is 1. The first-order valence-electron chi connectivity index (χ1n) is 14.3. The summed E-state index contributed by atoms with van der Waals surface area (Å²) in [7, 11) is 0. The Bertz CT molecular complexity index is 1600. The van der Waals surface area contributed by atoms with Gasteiger partial charge in [-0.3, -0.25) is 9.59 Å². The van der Waals surface area contributed by atoms with Crippen LogP contribution in [0.4, 0.5) is 5.69 Å². The molecule has 9 heteroatoms. The topological polar surface area (TPSA) is 93.7 Å². The maximum atomic E-state index is 14.2. The Kier molecular flexibility index (Phi) is 9.31. The van der Waals surface area contributed by atoms with Crippen molar-refractivity contribution in [2.45, 2.75) is 58.3 Å². The van der Waals surface area contributed by atoms with Gasteiger partial charge in [0.05, 0.1) is 5.75 Å². The van der Waals surface area contributed by atoms with Crippen LogP contribution in [0.3, 0.4) is 0 Å². The molecule has 2 heterocycles. The van der Waals surface area contributed by atoms with Gasteiger partial charge in [-0.05, 0) is 67.1 Å². The Hall–Kier alpha value is -4.37. The van der Waals surface area contributed by atoms with Gasteiger partial charge in [0.1, 0.15) is 6.04 Å². The number of nitrogens with one attached hydrogen (secondary N) is 1. The first-order valence-corrected chi connectivity index (χ1v) is 15.3. The van der Waals surface area contributed by atoms with Crippen LogP contribution in [-0.2, 0) is 16.1 Å². The van der Waals surface area contributed by atoms with Crippen molar-refractivity contribution in [3.05, 3.63) is 106 Å². The number of aryl methyl sites for hydroxylation is 3. The van der Waals surface area contributed by atoms with Crippen LogP contribution in [0, 0.1) is 20.8 Å². The second-order valence-corrected chi connectivity index (χ2v) is 11.9. The zero-order chi connectivity index (χ0) is 30.5. The number of carbonyl (C=O) groups is 2. The molecule has 1 aliphatic rings. The SMILES string of the molecule is Cc1cc(C)nc(SCC(=O)N(Cc2ccccc2C)C(C(=O)Nc2ccc3c(c2)OCO3)c2ccc(C(C)C)cc2)n1. The Labute approximate surface area is 256 Å². The van der Waals surface area contributed by atoms with Gasteiger partial charge in [0.2, 0.25) is 12.7 Å². The predicted molar refractivity (Wildman–Crippen MR) is 168 cm³/mol. The fourth-order valence-corrected chi connectivity index (χ4v) is 5.82. The molecule has 1 N–H and O–H groups in total. The zero-order valence-corrected chi connectivity index (χ0v) is 25.9. The molecule has 1 unspecified atom stereocenters. The van der Waals surface area contributed by atoms with Gasteiger partial charge in [-0.25, -0.2) is 9.97 Å². The molecule has 8 nitrogen and oxygen atoms in total. The molecule has 1 aromatic heterocycles. The van der Waals surface area contributed by atoms with Crippen LogP contribution in [0.1, 0.15) is 59.4 Å². The molecular formula is C34H36N4O4S. The van der Waals surface area contributed by atoms with Crippen molar-refractivity contribution >= 4 is 29.3 Å². The number of fused-ring (bicyclic) bond motifs is 1. The fraction of sp³-hybridized carbons (Fsp3) is 0.294. The molecule has 222 valence electrons. The summed E-state index contributed by atoms with van der Waals surface area (Å²) >= 11 is 1.27. The molecule has 0 spiro atoms. The average Bonchev–Trinajstić information content (AvgIpc) is 3.44. The highest BCUT2D eigenvalue weighted by Gasteiger charge is 2.32. The molecule has 4 aromatic rings. The second kappa shape index (κ2) is 13.3. The molecule has 0 fully saturated rings. The van der Waals surface area contributed by atoms with E-state index in [4.69, 9.17) is 9.47 Å². The zero-order valence-electron chi connectivity index (χ0n) is 25.1. The van der Waals surface area contributed by atoms with Gasteiger partial charge in [0.15, 0.2) is 16.7 Å². The van der Waals surface area contributed by atoms with E-state index >= 15 is 0 Å². The highest BCUT2D eigenvalue weighted by molar-refractivity contribution is 7.99. The van der Waals surface area contributed by atoms with Crippen molar-refractivity contribution in [1.29, 1.82) is 0 Å². The van der Waals surface area contributed by atoms with Crippen LogP contribution in [0.15, 0.2) is 78.0 Å². The molecule has 2 amide bonds. The molecular weight excluding hydrogens is 560 g/mol. The van der Waals surface area contributed by atoms with E-state index in [2.05, 4.69) is 29.1 Å². The summed E-state index contributed by atoms with van der Waals surface area (Å²) in [4.78, 5) is 39.0. The van der Waals surface area contributed by atoms with Crippen molar-refractivity contribution in [3.63, 3.8) is 0 Å². The molecule has 1 atom stereocenters. The Balaban J connectivity index is 1.51. The normalized spacial score (nSPS) is 12.7. The van der Waals surface area contributed by atoms with Crippen LogP contribution >= 0.6 is 11.8 Å². The summed E-state index contributed by atoms with van der Waals surface area (Å²) in [5.74, 6) is 1.07. The summed E-state index contributed by atoms with van der Waals surface area (Å²) in [6.45, 7) is 10.5. The van der Waals surface area contributed by atoms with Crippen molar-refractivity contribution in [3.8, 4) is 11.5 Å². The Morgan fingerprint density at radius 1 is 0.884 bits per heavy atom. The third-order valence-electron chi connectivity index (χ3n) is 7.33. The number of carbonyl (C=O) groups excluding carboxylic acids is 2. The van der Waals surface area contributed by atoms with Crippen molar-refractivity contribution in [1.82, 2.24) is 14.9 Å². The minimum Gasteiger partial charge on any atom is -0.454 e. The summed E-state index contributed by atoms with van der Waals surface area (Å²) in [6.07, 6.45) is 0. The number of aromatic nitrogens is 2. The number of benzene rings is 3. The molecule has 5 rings (SSSR count). The molecule has 43 heavy (non-hydrogen) atoms. The van der Waals surface area contributed by atoms with Gasteiger partial charge in [-0.1, -0.05) is 74.1 Å². The minimum absolute atomic E-state index is 0.0760. The maximum Gasteiger partial charge on any atom is 0.251 e. The third-order valence-corrected chi connectivity index (χ3v) is 8.16. The van der Waals surface area contributed by atoms with Crippen molar-refractivity contribution in [2.75, 3.05) is 17.9 Å². The lowest BCUT2D eigenvalue weighted by molar-refractivity contribution is -0.137. The molecule has 0 saturated carbocycles. The third kappa shape index (κ3) is 7.35. The van der Waals surface area contributed by atoms with E-state index in [0.29, 0.717) is 28.3 Å². The lowest BCUT2D eigenvalue weighted by atomic mass is 9.97. The first kappa shape index (κ1) is 30.1. The smallest absolute Gasteiger partial charge is 0.251 e. The van der Waals surface area contributed by atoms with Gasteiger partial charge in [-0.15, -0.1) is 0 Å². The number of hydrogen-bond acceptors (Lipinski definition) is 7. The minimum atomic E-state index is -0.903. The maximum absolute atomic E-state index is 14.2. The van der Waals surface area contributed by atoms with Gasteiger partial charge in [0, 0.05) is 29.7 Å². The Morgan fingerprint density at radius 3 is 2.26 bits per heavy atom. The molecule has 0 aliphatic carbocycles. The number of hydrogen-bond donors (Lipinski definition) is 1. The number of amides is 2. The van der Waals surface area contributed by atoms with Crippen LogP contribution in [-0.4, -0.2) is 39.2 Å². The summed E-state index contributed by atoms with van der Waals surface area (Å²) in [5, 5.41) is 3.56. The molecule has 1 aliphatic heterocycles. The van der Waals surface area contributed by atoms with Gasteiger partial charge < -0.3 is 19.7 Å². The van der Waals surface area contributed by atoms with E-state index < -0.39 is 6.04 Å². The Morgan fingerprint density at radius 2 is 1.56 bits per heavy atom. The lowest BCUT2D eigenvalue weighted by Gasteiger charge is -2.32. The monoisotopic (exact) mass is 596 g/mol. The van der Waals surface area contributed by atoms with E-state index in [0.717, 1.165) is 33.6 Å². The molecule has 0 radical (unpaired) electrons. The van der Waals surface area contributed by atoms with E-state index in [-0.39, 0.29) is 30.9 Å². The van der Waals surface area contributed by atoms with Crippen molar-refractivity contribution in [2.24, 2.45) is 0 Å². The van der Waals surface area contributed by atoms with Gasteiger partial charge in [-0.2, -0.15) is 0 Å². The fourth-order valence-electron chi connectivity index (χ4n) is 4.98. The summed E-state index contributed by atoms with van der Waals surface area (Å²) in [5.41, 5.74) is 6.10. The standard InChI is InChI=1S/C34H36N4O4S/c1-21(2)25-10-12-26(13-11-25)32(33(40)37-28-14-15-29-30(17-28)42-20-41-29)38(18-27-9-7-6-8-22(27)3)31(39)19-43-34-35-23(4)16-24(5)36-34/h6-17,21,32H,18-20H2,1-5H3,(H,37,40). The molecule has 0 saturated heterocycles. The van der Waals surface area contributed by atoms with Crippen LogP contribution < -0.4 is 14.8 Å². The lowest BCUT2D eigenvalue weighted by Crippen LogP contribution is -2.42. The van der Waals surface area contributed by atoms with Crippen molar-refractivity contribution < 1.29 is 19.1 Å². The van der Waals surface area contributed by atoms with E-state index in [1.807, 2.05) is 75.4 Å². The average molecular weight is 597 g/mol. The summed E-state index contributed by atoms with van der Waals surface area (Å²) in [6, 6.07) is 22.1. The molecule has 0 bridgehead atoms. The van der Waals surface area contributed by atoms with E-state index in [1.54, 1.807) is 23.1 Å². The number of ether oxygens (including phenoxy) is 2. The number of rotatable bonds is 10. The van der Waals surface area contributed by atoms with Gasteiger partial charge in [0.25, 0.3) is 5.91 Å². The second-order valence-electron chi connectivity index (χ2n) is 11.0. The van der Waals surface area contributed by atoms with E-state index in [9.17, 15) is 9.59 Å². The molecule has 3 aromatic carbocycles. The van der Waals surface area contributed by atoms with Crippen LogP contribution in [0.25, 0.3) is 0 Å². The quantitative estimate of drug-likeness (QED) is 0.160. The predicted octanol–water partition coefficient (Wildman–Crippen LogP) is 6.75.